The number of nitrogens with zero attached hydrogens (tertiary/aromatic N) is 2. The molecule has 1 aromatic rings. The molecule has 1 amide bonds. The molecule has 0 aliphatic heterocycles. The number of unbranched alkanes of at least 4 members (excludes halogenated alkanes) is 2. The summed E-state index contributed by atoms with van der Waals surface area (Å²) in [6.45, 7) is 2.70. The first kappa shape index (κ1) is 14.4. The third kappa shape index (κ3) is 4.33. The summed E-state index contributed by atoms with van der Waals surface area (Å²) in [7, 11) is 1.77. The van der Waals surface area contributed by atoms with E-state index in [0.29, 0.717) is 17.9 Å². The number of rotatable bonds is 6. The van der Waals surface area contributed by atoms with E-state index >= 15 is 0 Å². The van der Waals surface area contributed by atoms with E-state index in [0.717, 1.165) is 25.0 Å². The molecule has 1 aromatic heterocycles. The van der Waals surface area contributed by atoms with Crippen molar-refractivity contribution in [3.63, 3.8) is 0 Å². The molecule has 0 atom stereocenters. The number of nitrogens with two attached hydrogens (primary N) is 1. The van der Waals surface area contributed by atoms with Crippen LogP contribution in [-0.2, 0) is 0 Å². The van der Waals surface area contributed by atoms with Crippen LogP contribution in [0.25, 0.3) is 0 Å². The second kappa shape index (κ2) is 6.96. The highest BCUT2D eigenvalue weighted by Gasteiger charge is 2.12. The second-order valence-electron chi connectivity index (χ2n) is 4.43. The van der Waals surface area contributed by atoms with Gasteiger partial charge in [0.2, 0.25) is 0 Å². The Kier molecular flexibility index (Phi) is 5.58. The summed E-state index contributed by atoms with van der Waals surface area (Å²) in [5, 5.41) is 8.68. The van der Waals surface area contributed by atoms with Crippen molar-refractivity contribution in [2.45, 2.75) is 26.2 Å². The number of amides is 1. The Labute approximate surface area is 108 Å². The Morgan fingerprint density at radius 2 is 2.11 bits per heavy atom. The van der Waals surface area contributed by atoms with Crippen LogP contribution < -0.4 is 5.73 Å². The summed E-state index contributed by atoms with van der Waals surface area (Å²) < 4.78 is 0. The zero-order valence-electron chi connectivity index (χ0n) is 11.0. The number of aromatic nitrogens is 1. The minimum Gasteiger partial charge on any atom is -0.396 e. The lowest BCUT2D eigenvalue weighted by molar-refractivity contribution is 0.0792. The van der Waals surface area contributed by atoms with Crippen LogP contribution in [0.1, 0.15) is 35.3 Å². The van der Waals surface area contributed by atoms with E-state index in [9.17, 15) is 4.79 Å². The first-order valence-corrected chi connectivity index (χ1v) is 6.15. The summed E-state index contributed by atoms with van der Waals surface area (Å²) in [5.41, 5.74) is 6.94. The van der Waals surface area contributed by atoms with Gasteiger partial charge in [-0.25, -0.2) is 4.98 Å². The number of carbonyl (C=O) groups is 1. The number of pyridine rings is 1. The topological polar surface area (TPSA) is 79.5 Å². The molecule has 5 heteroatoms. The van der Waals surface area contributed by atoms with Crippen LogP contribution >= 0.6 is 0 Å². The highest BCUT2D eigenvalue weighted by Crippen LogP contribution is 2.10. The smallest absolute Gasteiger partial charge is 0.253 e. The number of hydrogen-bond donors (Lipinski definition) is 2. The molecule has 0 radical (unpaired) electrons. The molecule has 5 nitrogen and oxygen atoms in total. The van der Waals surface area contributed by atoms with Crippen molar-refractivity contribution in [1.29, 1.82) is 0 Å². The maximum absolute atomic E-state index is 12.1. The van der Waals surface area contributed by atoms with Crippen LogP contribution in [0.3, 0.4) is 0 Å². The zero-order valence-corrected chi connectivity index (χ0v) is 11.0. The Morgan fingerprint density at radius 3 is 2.72 bits per heavy atom. The largest absolute Gasteiger partial charge is 0.396 e. The fraction of sp³-hybridized carbons (Fsp3) is 0.538. The normalized spacial score (nSPS) is 10.4. The van der Waals surface area contributed by atoms with Gasteiger partial charge in [0.05, 0.1) is 0 Å². The van der Waals surface area contributed by atoms with Gasteiger partial charge in [-0.05, 0) is 38.3 Å². The summed E-state index contributed by atoms with van der Waals surface area (Å²) in [4.78, 5) is 17.8. The monoisotopic (exact) mass is 251 g/mol. The third-order valence-corrected chi connectivity index (χ3v) is 2.72. The fourth-order valence-corrected chi connectivity index (χ4v) is 1.78. The molecule has 18 heavy (non-hydrogen) atoms. The Morgan fingerprint density at radius 1 is 1.39 bits per heavy atom. The molecule has 0 fully saturated rings. The van der Waals surface area contributed by atoms with Crippen molar-refractivity contribution in [3.05, 3.63) is 23.4 Å². The molecule has 0 aliphatic carbocycles. The quantitative estimate of drug-likeness (QED) is 0.745. The maximum Gasteiger partial charge on any atom is 0.253 e. The van der Waals surface area contributed by atoms with Crippen molar-refractivity contribution in [2.75, 3.05) is 25.9 Å². The van der Waals surface area contributed by atoms with Crippen LogP contribution in [0.2, 0.25) is 0 Å². The SMILES string of the molecule is Cc1cc(C(=O)N(C)CCCCCO)cc(N)n1. The molecule has 0 aromatic carbocycles. The highest BCUT2D eigenvalue weighted by molar-refractivity contribution is 5.94. The minimum atomic E-state index is -0.0452. The Balaban J connectivity index is 2.57. The molecule has 0 spiro atoms. The number of aryl methyl sites for hydroxylation is 1. The van der Waals surface area contributed by atoms with Gasteiger partial charge in [-0.3, -0.25) is 4.79 Å². The lowest BCUT2D eigenvalue weighted by Crippen LogP contribution is -2.28. The number of aliphatic hydroxyl groups is 1. The van der Waals surface area contributed by atoms with Gasteiger partial charge in [0.25, 0.3) is 5.91 Å². The molecule has 100 valence electrons. The average molecular weight is 251 g/mol. The first-order chi connectivity index (χ1) is 8.54. The lowest BCUT2D eigenvalue weighted by Gasteiger charge is -2.17. The van der Waals surface area contributed by atoms with Crippen LogP contribution in [0.5, 0.6) is 0 Å². The standard InChI is InChI=1S/C13H21N3O2/c1-10-8-11(9-12(14)15-10)13(18)16(2)6-4-3-5-7-17/h8-9,17H,3-7H2,1-2H3,(H2,14,15). The van der Waals surface area contributed by atoms with Crippen molar-refractivity contribution >= 4 is 11.7 Å². The van der Waals surface area contributed by atoms with Crippen molar-refractivity contribution in [1.82, 2.24) is 9.88 Å². The zero-order chi connectivity index (χ0) is 13.5. The van der Waals surface area contributed by atoms with Crippen LogP contribution in [-0.4, -0.2) is 41.1 Å². The minimum absolute atomic E-state index is 0.0452. The van der Waals surface area contributed by atoms with Gasteiger partial charge in [-0.1, -0.05) is 0 Å². The van der Waals surface area contributed by atoms with Crippen molar-refractivity contribution < 1.29 is 9.90 Å². The average Bonchev–Trinajstić information content (AvgIpc) is 2.32. The predicted octanol–water partition coefficient (Wildman–Crippen LogP) is 1.21. The van der Waals surface area contributed by atoms with Crippen LogP contribution in [0, 0.1) is 6.92 Å². The maximum atomic E-state index is 12.1. The lowest BCUT2D eigenvalue weighted by atomic mass is 10.2. The van der Waals surface area contributed by atoms with E-state index < -0.39 is 0 Å². The number of aliphatic hydroxyl groups excluding tert-OH is 1. The van der Waals surface area contributed by atoms with Gasteiger partial charge in [-0.2, -0.15) is 0 Å². The molecule has 0 bridgehead atoms. The van der Waals surface area contributed by atoms with Crippen molar-refractivity contribution in [3.8, 4) is 0 Å². The second-order valence-corrected chi connectivity index (χ2v) is 4.43. The molecule has 3 N–H and O–H groups in total. The van der Waals surface area contributed by atoms with E-state index in [-0.39, 0.29) is 12.5 Å². The van der Waals surface area contributed by atoms with Gasteiger partial charge < -0.3 is 15.7 Å². The fourth-order valence-electron chi connectivity index (χ4n) is 1.78. The van der Waals surface area contributed by atoms with Gasteiger partial charge in [0.15, 0.2) is 0 Å². The molecule has 1 heterocycles. The van der Waals surface area contributed by atoms with Gasteiger partial charge in [0, 0.05) is 31.5 Å². The summed E-state index contributed by atoms with van der Waals surface area (Å²) >= 11 is 0. The van der Waals surface area contributed by atoms with Gasteiger partial charge in [-0.15, -0.1) is 0 Å². The molecule has 0 saturated heterocycles. The predicted molar refractivity (Wildman–Crippen MR) is 71.3 cm³/mol. The summed E-state index contributed by atoms with van der Waals surface area (Å²) in [6, 6.07) is 3.34. The summed E-state index contributed by atoms with van der Waals surface area (Å²) in [5.74, 6) is 0.322. The first-order valence-electron chi connectivity index (χ1n) is 6.15. The number of carbonyl (C=O) groups excluding carboxylic acids is 1. The number of anilines is 1. The molecule has 0 saturated carbocycles. The number of nitrogen functional groups attached to an aromatic ring is 1. The molecule has 0 unspecified atom stereocenters. The van der Waals surface area contributed by atoms with E-state index in [1.54, 1.807) is 24.1 Å². The van der Waals surface area contributed by atoms with E-state index in [2.05, 4.69) is 4.98 Å². The Bertz CT molecular complexity index is 387. The van der Waals surface area contributed by atoms with E-state index in [4.69, 9.17) is 10.8 Å². The van der Waals surface area contributed by atoms with Crippen LogP contribution in [0.15, 0.2) is 12.1 Å². The molecule has 0 aliphatic rings. The van der Waals surface area contributed by atoms with Gasteiger partial charge in [0.1, 0.15) is 5.82 Å². The third-order valence-electron chi connectivity index (χ3n) is 2.72. The summed E-state index contributed by atoms with van der Waals surface area (Å²) in [6.07, 6.45) is 2.59. The van der Waals surface area contributed by atoms with Crippen LogP contribution in [0.4, 0.5) is 5.82 Å². The highest BCUT2D eigenvalue weighted by atomic mass is 16.2. The Hall–Kier alpha value is -1.62. The van der Waals surface area contributed by atoms with Crippen molar-refractivity contribution in [2.24, 2.45) is 0 Å². The molecule has 1 rings (SSSR count). The molecular weight excluding hydrogens is 230 g/mol. The number of hydrogen-bond acceptors (Lipinski definition) is 4. The van der Waals surface area contributed by atoms with E-state index in [1.807, 2.05) is 6.92 Å². The van der Waals surface area contributed by atoms with Gasteiger partial charge >= 0.3 is 0 Å². The van der Waals surface area contributed by atoms with E-state index in [1.165, 1.54) is 0 Å². The molecular formula is C13H21N3O2.